The third kappa shape index (κ3) is 5.36. The highest BCUT2D eigenvalue weighted by atomic mass is 16.4. The van der Waals surface area contributed by atoms with E-state index < -0.39 is 0 Å². The maximum atomic E-state index is 8.82. The molecule has 0 unspecified atom stereocenters. The summed E-state index contributed by atoms with van der Waals surface area (Å²) in [6.07, 6.45) is 0. The molecule has 1 aromatic rings. The Morgan fingerprint density at radius 3 is 2.43 bits per heavy atom. The van der Waals surface area contributed by atoms with Gasteiger partial charge in [-0.1, -0.05) is 29.4 Å². The Labute approximate surface area is 127 Å². The molecular weight excluding hydrogens is 264 g/mol. The number of rotatable bonds is 8. The predicted octanol–water partition coefficient (Wildman–Crippen LogP) is 1.99. The lowest BCUT2D eigenvalue weighted by Crippen LogP contribution is -2.41. The van der Waals surface area contributed by atoms with Gasteiger partial charge in [0.2, 0.25) is 0 Å². The lowest BCUT2D eigenvalue weighted by Gasteiger charge is -2.30. The zero-order valence-corrected chi connectivity index (χ0v) is 13.5. The number of benzene rings is 1. The minimum atomic E-state index is 0.151. The molecule has 1 rings (SSSR count). The third-order valence-corrected chi connectivity index (χ3v) is 3.59. The van der Waals surface area contributed by atoms with Crippen molar-refractivity contribution in [3.63, 3.8) is 0 Å². The van der Waals surface area contributed by atoms with Crippen LogP contribution in [0.4, 0.5) is 0 Å². The van der Waals surface area contributed by atoms with Crippen molar-refractivity contribution in [1.82, 2.24) is 10.2 Å². The van der Waals surface area contributed by atoms with E-state index >= 15 is 0 Å². The van der Waals surface area contributed by atoms with E-state index in [-0.39, 0.29) is 5.84 Å². The van der Waals surface area contributed by atoms with E-state index in [2.05, 4.69) is 43.1 Å². The van der Waals surface area contributed by atoms with E-state index in [4.69, 9.17) is 10.9 Å². The second kappa shape index (κ2) is 8.64. The zero-order chi connectivity index (χ0) is 15.8. The Morgan fingerprint density at radius 2 is 1.86 bits per heavy atom. The molecule has 0 spiro atoms. The molecule has 0 bridgehead atoms. The number of nitrogens with one attached hydrogen (secondary N) is 1. The van der Waals surface area contributed by atoms with Gasteiger partial charge in [0.25, 0.3) is 0 Å². The van der Waals surface area contributed by atoms with Crippen LogP contribution in [0.2, 0.25) is 0 Å². The van der Waals surface area contributed by atoms with Gasteiger partial charge in [0.15, 0.2) is 5.84 Å². The Balaban J connectivity index is 2.53. The van der Waals surface area contributed by atoms with Crippen molar-refractivity contribution >= 4 is 5.84 Å². The first-order valence-electron chi connectivity index (χ1n) is 7.49. The van der Waals surface area contributed by atoms with Crippen LogP contribution in [-0.4, -0.2) is 41.1 Å². The molecular formula is C16H28N4O. The normalized spacial score (nSPS) is 12.6. The van der Waals surface area contributed by atoms with Crippen molar-refractivity contribution in [2.75, 3.05) is 13.1 Å². The Kier molecular flexibility index (Phi) is 7.19. The highest BCUT2D eigenvalue weighted by Gasteiger charge is 2.12. The van der Waals surface area contributed by atoms with Gasteiger partial charge in [0, 0.05) is 37.3 Å². The molecule has 1 aromatic carbocycles. The Hall–Kier alpha value is -1.59. The fourth-order valence-corrected chi connectivity index (χ4v) is 2.52. The Bertz CT molecular complexity index is 449. The fourth-order valence-electron chi connectivity index (χ4n) is 2.52. The lowest BCUT2D eigenvalue weighted by molar-refractivity contribution is 0.176. The van der Waals surface area contributed by atoms with Crippen LogP contribution in [0.25, 0.3) is 0 Å². The summed E-state index contributed by atoms with van der Waals surface area (Å²) in [5.41, 5.74) is 7.50. The van der Waals surface area contributed by atoms with Crippen LogP contribution in [-0.2, 0) is 6.54 Å². The summed E-state index contributed by atoms with van der Waals surface area (Å²) >= 11 is 0. The van der Waals surface area contributed by atoms with Crippen molar-refractivity contribution in [1.29, 1.82) is 0 Å². The maximum Gasteiger partial charge on any atom is 0.170 e. The summed E-state index contributed by atoms with van der Waals surface area (Å²) in [6, 6.07) is 8.77. The number of nitrogens with zero attached hydrogens (tertiary/aromatic N) is 2. The van der Waals surface area contributed by atoms with Crippen LogP contribution in [0.1, 0.15) is 38.8 Å². The molecule has 21 heavy (non-hydrogen) atoms. The largest absolute Gasteiger partial charge is 0.409 e. The summed E-state index contributed by atoms with van der Waals surface area (Å²) in [4.78, 5) is 2.45. The molecule has 0 radical (unpaired) electrons. The molecule has 5 heteroatoms. The van der Waals surface area contributed by atoms with Crippen molar-refractivity contribution in [3.05, 3.63) is 35.4 Å². The topological polar surface area (TPSA) is 73.9 Å². The number of hydrogen-bond donors (Lipinski definition) is 3. The monoisotopic (exact) mass is 292 g/mol. The standard InChI is InChI=1S/C16H28N4O/c1-12(2)20(13(3)4)10-9-18-11-14-7-5-6-8-15(14)16(17)19-21/h5-8,12-13,18,21H,9-11H2,1-4H3,(H2,17,19). The molecule has 0 atom stereocenters. The van der Waals surface area contributed by atoms with Crippen molar-refractivity contribution < 1.29 is 5.21 Å². The van der Waals surface area contributed by atoms with Gasteiger partial charge in [0.05, 0.1) is 0 Å². The van der Waals surface area contributed by atoms with E-state index in [1.54, 1.807) is 0 Å². The highest BCUT2D eigenvalue weighted by Crippen LogP contribution is 2.08. The smallest absolute Gasteiger partial charge is 0.170 e. The first kappa shape index (κ1) is 17.5. The van der Waals surface area contributed by atoms with Crippen LogP contribution in [0, 0.1) is 0 Å². The highest BCUT2D eigenvalue weighted by molar-refractivity contribution is 5.98. The van der Waals surface area contributed by atoms with Crippen LogP contribution in [0.3, 0.4) is 0 Å². The third-order valence-electron chi connectivity index (χ3n) is 3.59. The van der Waals surface area contributed by atoms with Gasteiger partial charge in [-0.2, -0.15) is 0 Å². The number of amidine groups is 1. The minimum Gasteiger partial charge on any atom is -0.409 e. The molecule has 4 N–H and O–H groups in total. The van der Waals surface area contributed by atoms with Gasteiger partial charge in [0.1, 0.15) is 0 Å². The van der Waals surface area contributed by atoms with Crippen LogP contribution in [0.5, 0.6) is 0 Å². The zero-order valence-electron chi connectivity index (χ0n) is 13.5. The average Bonchev–Trinajstić information content (AvgIpc) is 2.45. The van der Waals surface area contributed by atoms with E-state index in [9.17, 15) is 0 Å². The molecule has 0 saturated heterocycles. The lowest BCUT2D eigenvalue weighted by atomic mass is 10.1. The predicted molar refractivity (Wildman–Crippen MR) is 87.6 cm³/mol. The fraction of sp³-hybridized carbons (Fsp3) is 0.562. The molecule has 0 aliphatic carbocycles. The second-order valence-electron chi connectivity index (χ2n) is 5.74. The summed E-state index contributed by atoms with van der Waals surface area (Å²) in [5, 5.41) is 15.3. The van der Waals surface area contributed by atoms with Crippen molar-refractivity contribution in [2.45, 2.75) is 46.3 Å². The first-order chi connectivity index (χ1) is 9.97. The molecule has 0 heterocycles. The van der Waals surface area contributed by atoms with Gasteiger partial charge in [-0.05, 0) is 33.3 Å². The van der Waals surface area contributed by atoms with Gasteiger partial charge in [-0.25, -0.2) is 0 Å². The SMILES string of the molecule is CC(C)N(CCNCc1ccccc1C(N)=NO)C(C)C. The van der Waals surface area contributed by atoms with Gasteiger partial charge in [-0.15, -0.1) is 0 Å². The summed E-state index contributed by atoms with van der Waals surface area (Å²) in [6.45, 7) is 11.5. The van der Waals surface area contributed by atoms with E-state index in [1.807, 2.05) is 24.3 Å². The van der Waals surface area contributed by atoms with E-state index in [1.165, 1.54) is 0 Å². The van der Waals surface area contributed by atoms with Crippen LogP contribution >= 0.6 is 0 Å². The number of hydrogen-bond acceptors (Lipinski definition) is 4. The van der Waals surface area contributed by atoms with E-state index in [0.29, 0.717) is 18.6 Å². The number of nitrogens with two attached hydrogens (primary N) is 1. The quantitative estimate of drug-likeness (QED) is 0.225. The Morgan fingerprint density at radius 1 is 1.24 bits per heavy atom. The summed E-state index contributed by atoms with van der Waals surface area (Å²) in [5.74, 6) is 0.151. The molecule has 0 aliphatic heterocycles. The average molecular weight is 292 g/mol. The van der Waals surface area contributed by atoms with Gasteiger partial charge < -0.3 is 16.3 Å². The van der Waals surface area contributed by atoms with E-state index in [0.717, 1.165) is 24.2 Å². The second-order valence-corrected chi connectivity index (χ2v) is 5.74. The molecule has 0 saturated carbocycles. The first-order valence-corrected chi connectivity index (χ1v) is 7.49. The molecule has 0 aromatic heterocycles. The molecule has 118 valence electrons. The van der Waals surface area contributed by atoms with Crippen LogP contribution < -0.4 is 11.1 Å². The maximum absolute atomic E-state index is 8.82. The molecule has 0 fully saturated rings. The minimum absolute atomic E-state index is 0.151. The molecule has 0 amide bonds. The summed E-state index contributed by atoms with van der Waals surface area (Å²) in [7, 11) is 0. The summed E-state index contributed by atoms with van der Waals surface area (Å²) < 4.78 is 0. The van der Waals surface area contributed by atoms with Gasteiger partial charge in [-0.3, -0.25) is 4.90 Å². The van der Waals surface area contributed by atoms with Gasteiger partial charge >= 0.3 is 0 Å². The molecule has 0 aliphatic rings. The van der Waals surface area contributed by atoms with Crippen molar-refractivity contribution in [2.24, 2.45) is 10.9 Å². The molecule has 5 nitrogen and oxygen atoms in total. The van der Waals surface area contributed by atoms with Crippen molar-refractivity contribution in [3.8, 4) is 0 Å². The van der Waals surface area contributed by atoms with Crippen LogP contribution in [0.15, 0.2) is 29.4 Å². The number of oxime groups is 1.